The molecule has 8 heteroatoms. The average molecular weight is 336 g/mol. The fourth-order valence-electron chi connectivity index (χ4n) is 1.78. The number of aromatic nitrogens is 3. The number of hydrogen-bond donors (Lipinski definition) is 2. The highest BCUT2D eigenvalue weighted by atomic mass is 35.5. The van der Waals surface area contributed by atoms with Gasteiger partial charge in [-0.1, -0.05) is 6.07 Å². The third-order valence-corrected chi connectivity index (χ3v) is 3.80. The van der Waals surface area contributed by atoms with E-state index in [4.69, 9.17) is 11.1 Å². The minimum absolute atomic E-state index is 0. The molecule has 0 aromatic carbocycles. The number of pyridine rings is 2. The number of nitrogen functional groups attached to an aromatic ring is 1. The van der Waals surface area contributed by atoms with Crippen molar-refractivity contribution in [1.29, 1.82) is 5.41 Å². The maximum Gasteiger partial charge on any atom is 0.142 e. The predicted molar refractivity (Wildman–Crippen MR) is 86.8 cm³/mol. The molecule has 3 aromatic rings. The second-order valence-electron chi connectivity index (χ2n) is 4.24. The van der Waals surface area contributed by atoms with Crippen LogP contribution in [0.3, 0.4) is 0 Å². The van der Waals surface area contributed by atoms with Gasteiger partial charge in [0.1, 0.15) is 22.4 Å². The zero-order valence-electron chi connectivity index (χ0n) is 11.2. The average Bonchev–Trinajstić information content (AvgIpc) is 2.97. The largest absolute Gasteiger partial charge is 0.382 e. The molecular weight excluding hydrogens is 325 g/mol. The molecule has 0 spiro atoms. The van der Waals surface area contributed by atoms with Gasteiger partial charge in [0.2, 0.25) is 0 Å². The molecule has 0 aliphatic rings. The number of nitrogens with two attached hydrogens (primary N) is 1. The Hall–Kier alpha value is -2.38. The van der Waals surface area contributed by atoms with E-state index in [1.54, 1.807) is 24.5 Å². The highest BCUT2D eigenvalue weighted by Gasteiger charge is 2.10. The lowest BCUT2D eigenvalue weighted by Crippen LogP contribution is -2.12. The summed E-state index contributed by atoms with van der Waals surface area (Å²) in [7, 11) is 0. The molecule has 0 bridgehead atoms. The molecule has 0 unspecified atom stereocenters. The van der Waals surface area contributed by atoms with Gasteiger partial charge in [-0.2, -0.15) is 0 Å². The number of thiazole rings is 1. The summed E-state index contributed by atoms with van der Waals surface area (Å²) in [6, 6.07) is 6.65. The van der Waals surface area contributed by atoms with Crippen molar-refractivity contribution in [1.82, 2.24) is 15.0 Å². The molecule has 0 fully saturated rings. The number of nitrogens with one attached hydrogen (secondary N) is 1. The minimum Gasteiger partial charge on any atom is -0.382 e. The van der Waals surface area contributed by atoms with Crippen LogP contribution in [0.4, 0.5) is 4.39 Å². The lowest BCUT2D eigenvalue weighted by atomic mass is 10.2. The first-order chi connectivity index (χ1) is 10.1. The van der Waals surface area contributed by atoms with Gasteiger partial charge in [0.25, 0.3) is 0 Å². The summed E-state index contributed by atoms with van der Waals surface area (Å²) >= 11 is 1.38. The van der Waals surface area contributed by atoms with Gasteiger partial charge in [-0.25, -0.2) is 14.4 Å². The Morgan fingerprint density at radius 2 is 2.05 bits per heavy atom. The number of halogens is 2. The van der Waals surface area contributed by atoms with Crippen molar-refractivity contribution in [3.63, 3.8) is 0 Å². The summed E-state index contributed by atoms with van der Waals surface area (Å²) in [4.78, 5) is 13.2. The van der Waals surface area contributed by atoms with Crippen LogP contribution in [0, 0.1) is 11.2 Å². The van der Waals surface area contributed by atoms with E-state index in [-0.39, 0.29) is 18.2 Å². The predicted octanol–water partition coefficient (Wildman–Crippen LogP) is 3.11. The molecular formula is C14H11ClFN5S. The molecule has 3 N–H and O–H groups in total. The van der Waals surface area contributed by atoms with Crippen molar-refractivity contribution < 1.29 is 4.39 Å². The summed E-state index contributed by atoms with van der Waals surface area (Å²) in [5.74, 6) is -0.489. The van der Waals surface area contributed by atoms with Crippen LogP contribution in [0.25, 0.3) is 21.1 Å². The van der Waals surface area contributed by atoms with Crippen LogP contribution < -0.4 is 5.73 Å². The van der Waals surface area contributed by atoms with E-state index in [0.29, 0.717) is 22.0 Å². The Kier molecular flexibility index (Phi) is 4.79. The van der Waals surface area contributed by atoms with Crippen molar-refractivity contribution in [2.45, 2.75) is 0 Å². The lowest BCUT2D eigenvalue weighted by molar-refractivity contribution is 0.622. The van der Waals surface area contributed by atoms with Crippen LogP contribution in [0.5, 0.6) is 0 Å². The molecule has 3 aromatic heterocycles. The molecule has 3 heterocycles. The van der Waals surface area contributed by atoms with E-state index in [0.717, 1.165) is 11.1 Å². The van der Waals surface area contributed by atoms with E-state index in [9.17, 15) is 4.39 Å². The molecule has 0 atom stereocenters. The SMILES string of the molecule is Cl.N=C(N)c1cccc(-c2cnc(-c3cncc(F)c3)s2)n1. The lowest BCUT2D eigenvalue weighted by Gasteiger charge is -2.00. The van der Waals surface area contributed by atoms with Gasteiger partial charge in [-0.05, 0) is 18.2 Å². The van der Waals surface area contributed by atoms with E-state index in [2.05, 4.69) is 15.0 Å². The first-order valence-corrected chi connectivity index (χ1v) is 6.84. The standard InChI is InChI=1S/C14H10FN5S.ClH/c15-9-4-8(5-18-6-9)14-19-7-12(21-14)10-2-1-3-11(20-10)13(16)17;/h1-7H,(H3,16,17);1H. The fraction of sp³-hybridized carbons (Fsp3) is 0. The number of hydrogen-bond acceptors (Lipinski definition) is 5. The molecule has 0 amide bonds. The molecule has 3 rings (SSSR count). The molecule has 112 valence electrons. The van der Waals surface area contributed by atoms with E-state index in [1.165, 1.54) is 17.4 Å². The summed E-state index contributed by atoms with van der Waals surface area (Å²) in [5.41, 5.74) is 7.14. The number of amidine groups is 1. The van der Waals surface area contributed by atoms with Crippen LogP contribution in [-0.4, -0.2) is 20.8 Å². The third kappa shape index (κ3) is 3.26. The smallest absolute Gasteiger partial charge is 0.142 e. The number of nitrogens with zero attached hydrogens (tertiary/aromatic N) is 3. The Morgan fingerprint density at radius 3 is 2.77 bits per heavy atom. The molecule has 0 radical (unpaired) electrons. The van der Waals surface area contributed by atoms with Gasteiger partial charge in [-0.3, -0.25) is 10.4 Å². The van der Waals surface area contributed by atoms with Gasteiger partial charge in [0.05, 0.1) is 16.8 Å². The molecule has 0 aliphatic heterocycles. The second-order valence-corrected chi connectivity index (χ2v) is 5.27. The summed E-state index contributed by atoms with van der Waals surface area (Å²) in [6.45, 7) is 0. The molecule has 5 nitrogen and oxygen atoms in total. The molecule has 0 saturated carbocycles. The Labute approximate surface area is 136 Å². The quantitative estimate of drug-likeness (QED) is 0.568. The van der Waals surface area contributed by atoms with Crippen molar-refractivity contribution in [3.05, 3.63) is 54.4 Å². The summed E-state index contributed by atoms with van der Waals surface area (Å²) in [5, 5.41) is 8.07. The van der Waals surface area contributed by atoms with Crippen molar-refractivity contribution in [2.75, 3.05) is 0 Å². The van der Waals surface area contributed by atoms with Crippen LogP contribution in [0.1, 0.15) is 5.69 Å². The highest BCUT2D eigenvalue weighted by Crippen LogP contribution is 2.30. The Morgan fingerprint density at radius 1 is 1.23 bits per heavy atom. The zero-order chi connectivity index (χ0) is 14.8. The minimum atomic E-state index is -0.402. The summed E-state index contributed by atoms with van der Waals surface area (Å²) in [6.07, 6.45) is 4.37. The van der Waals surface area contributed by atoms with Gasteiger partial charge >= 0.3 is 0 Å². The Bertz CT molecular complexity index is 820. The van der Waals surface area contributed by atoms with Crippen molar-refractivity contribution in [2.24, 2.45) is 5.73 Å². The van der Waals surface area contributed by atoms with Gasteiger partial charge < -0.3 is 5.73 Å². The number of rotatable bonds is 3. The Balaban J connectivity index is 0.00000176. The van der Waals surface area contributed by atoms with Gasteiger partial charge in [0, 0.05) is 18.0 Å². The zero-order valence-corrected chi connectivity index (χ0v) is 12.8. The first kappa shape index (κ1) is 16.0. The van der Waals surface area contributed by atoms with Crippen LogP contribution in [-0.2, 0) is 0 Å². The molecule has 0 saturated heterocycles. The normalized spacial score (nSPS) is 10.0. The van der Waals surface area contributed by atoms with Crippen LogP contribution in [0.2, 0.25) is 0 Å². The van der Waals surface area contributed by atoms with Gasteiger partial charge in [0.15, 0.2) is 0 Å². The monoisotopic (exact) mass is 335 g/mol. The van der Waals surface area contributed by atoms with E-state index < -0.39 is 5.82 Å². The van der Waals surface area contributed by atoms with E-state index >= 15 is 0 Å². The van der Waals surface area contributed by atoms with Gasteiger partial charge in [-0.15, -0.1) is 23.7 Å². The van der Waals surface area contributed by atoms with E-state index in [1.807, 2.05) is 6.07 Å². The topological polar surface area (TPSA) is 88.5 Å². The molecule has 0 aliphatic carbocycles. The maximum atomic E-state index is 13.2. The van der Waals surface area contributed by atoms with Crippen molar-refractivity contribution >= 4 is 29.6 Å². The first-order valence-electron chi connectivity index (χ1n) is 6.02. The van der Waals surface area contributed by atoms with Crippen LogP contribution in [0.15, 0.2) is 42.9 Å². The van der Waals surface area contributed by atoms with Crippen LogP contribution >= 0.6 is 23.7 Å². The maximum absolute atomic E-state index is 13.2. The van der Waals surface area contributed by atoms with Crippen molar-refractivity contribution in [3.8, 4) is 21.1 Å². The summed E-state index contributed by atoms with van der Waals surface area (Å²) < 4.78 is 13.2. The fourth-order valence-corrected chi connectivity index (χ4v) is 2.64. The second kappa shape index (κ2) is 6.59. The molecule has 22 heavy (non-hydrogen) atoms. The third-order valence-electron chi connectivity index (χ3n) is 2.74. The highest BCUT2D eigenvalue weighted by molar-refractivity contribution is 7.18.